The quantitative estimate of drug-likeness (QED) is 0.461. The zero-order chi connectivity index (χ0) is 6.10. The summed E-state index contributed by atoms with van der Waals surface area (Å²) in [6.07, 6.45) is 5.11. The first-order chi connectivity index (χ1) is 4.47. The summed E-state index contributed by atoms with van der Waals surface area (Å²) in [5.74, 6) is 0. The Balaban J connectivity index is 1.97. The SMILES string of the molecule is C1CCC2OOOC2C1. The van der Waals surface area contributed by atoms with Crippen molar-refractivity contribution in [1.82, 2.24) is 0 Å². The van der Waals surface area contributed by atoms with Gasteiger partial charge in [-0.2, -0.15) is 9.78 Å². The summed E-state index contributed by atoms with van der Waals surface area (Å²) >= 11 is 0. The number of fused-ring (bicyclic) bond motifs is 1. The highest BCUT2D eigenvalue weighted by molar-refractivity contribution is 4.75. The number of rotatable bonds is 0. The molecule has 2 fully saturated rings. The maximum Gasteiger partial charge on any atom is 0.125 e. The zero-order valence-corrected chi connectivity index (χ0v) is 5.21. The summed E-state index contributed by atoms with van der Waals surface area (Å²) in [7, 11) is 0. The molecule has 9 heavy (non-hydrogen) atoms. The maximum absolute atomic E-state index is 4.83. The summed E-state index contributed by atoms with van der Waals surface area (Å²) in [4.78, 5) is 9.67. The van der Waals surface area contributed by atoms with Gasteiger partial charge in [0.1, 0.15) is 12.2 Å². The summed E-state index contributed by atoms with van der Waals surface area (Å²) < 4.78 is 0. The van der Waals surface area contributed by atoms with E-state index >= 15 is 0 Å². The van der Waals surface area contributed by atoms with Gasteiger partial charge in [0.05, 0.1) is 0 Å². The normalized spacial score (nSPS) is 42.7. The molecule has 0 aromatic rings. The van der Waals surface area contributed by atoms with E-state index in [2.05, 4.69) is 5.04 Å². The maximum atomic E-state index is 4.83. The van der Waals surface area contributed by atoms with E-state index in [0.717, 1.165) is 12.8 Å². The van der Waals surface area contributed by atoms with Gasteiger partial charge in [-0.1, -0.05) is 17.9 Å². The molecule has 2 atom stereocenters. The molecule has 0 radical (unpaired) electrons. The monoisotopic (exact) mass is 130 g/mol. The highest BCUT2D eigenvalue weighted by Crippen LogP contribution is 2.28. The van der Waals surface area contributed by atoms with Crippen LogP contribution in [0.15, 0.2) is 0 Å². The molecular weight excluding hydrogens is 120 g/mol. The van der Waals surface area contributed by atoms with Crippen molar-refractivity contribution < 1.29 is 14.8 Å². The van der Waals surface area contributed by atoms with Crippen molar-refractivity contribution >= 4 is 0 Å². The molecule has 3 heteroatoms. The smallest absolute Gasteiger partial charge is 0.125 e. The van der Waals surface area contributed by atoms with Crippen LogP contribution in [0.25, 0.3) is 0 Å². The van der Waals surface area contributed by atoms with Gasteiger partial charge in [0, 0.05) is 0 Å². The Bertz CT molecular complexity index is 92.5. The highest BCUT2D eigenvalue weighted by Gasteiger charge is 2.33. The van der Waals surface area contributed by atoms with Gasteiger partial charge < -0.3 is 0 Å². The standard InChI is InChI=1S/C6H10O3/c1-2-4-6-5(3-1)7-9-8-6/h5-6H,1-4H2. The van der Waals surface area contributed by atoms with Crippen LogP contribution in [-0.2, 0) is 14.8 Å². The Morgan fingerprint density at radius 1 is 0.889 bits per heavy atom. The molecule has 2 rings (SSSR count). The van der Waals surface area contributed by atoms with Crippen molar-refractivity contribution in [3.63, 3.8) is 0 Å². The van der Waals surface area contributed by atoms with Crippen LogP contribution in [0.3, 0.4) is 0 Å². The molecule has 2 unspecified atom stereocenters. The van der Waals surface area contributed by atoms with E-state index < -0.39 is 0 Å². The minimum absolute atomic E-state index is 0.221. The summed E-state index contributed by atoms with van der Waals surface area (Å²) in [6, 6.07) is 0. The minimum Gasteiger partial charge on any atom is -0.200 e. The van der Waals surface area contributed by atoms with Crippen LogP contribution in [0, 0.1) is 0 Å². The predicted octanol–water partition coefficient (Wildman–Crippen LogP) is 1.19. The second-order valence-corrected chi connectivity index (χ2v) is 2.62. The van der Waals surface area contributed by atoms with Crippen molar-refractivity contribution in [3.8, 4) is 0 Å². The van der Waals surface area contributed by atoms with Crippen molar-refractivity contribution in [2.45, 2.75) is 37.9 Å². The molecule has 2 aliphatic rings. The topological polar surface area (TPSA) is 27.7 Å². The van der Waals surface area contributed by atoms with Gasteiger partial charge in [-0.15, -0.1) is 0 Å². The number of hydrogen-bond acceptors (Lipinski definition) is 3. The summed E-state index contributed by atoms with van der Waals surface area (Å²) in [5, 5.41) is 4.39. The lowest BCUT2D eigenvalue weighted by atomic mass is 9.95. The molecular formula is C6H10O3. The van der Waals surface area contributed by atoms with Crippen LogP contribution < -0.4 is 0 Å². The first kappa shape index (κ1) is 5.65. The van der Waals surface area contributed by atoms with E-state index in [0.29, 0.717) is 0 Å². The average molecular weight is 130 g/mol. The molecule has 0 aromatic carbocycles. The molecule has 1 heterocycles. The van der Waals surface area contributed by atoms with Crippen molar-refractivity contribution in [2.24, 2.45) is 0 Å². The lowest BCUT2D eigenvalue weighted by Gasteiger charge is -2.17. The predicted molar refractivity (Wildman–Crippen MR) is 29.3 cm³/mol. The number of hydrogen-bond donors (Lipinski definition) is 0. The fraction of sp³-hybridized carbons (Fsp3) is 1.00. The Labute approximate surface area is 53.8 Å². The molecule has 3 nitrogen and oxygen atoms in total. The average Bonchev–Trinajstić information content (AvgIpc) is 2.33. The van der Waals surface area contributed by atoms with Crippen LogP contribution in [0.4, 0.5) is 0 Å². The van der Waals surface area contributed by atoms with Gasteiger partial charge in [-0.25, -0.2) is 0 Å². The minimum atomic E-state index is 0.221. The van der Waals surface area contributed by atoms with E-state index in [4.69, 9.17) is 9.78 Å². The van der Waals surface area contributed by atoms with Crippen molar-refractivity contribution in [1.29, 1.82) is 0 Å². The van der Waals surface area contributed by atoms with Crippen LogP contribution >= 0.6 is 0 Å². The molecule has 52 valence electrons. The highest BCUT2D eigenvalue weighted by atomic mass is 17.5. The largest absolute Gasteiger partial charge is 0.200 e. The van der Waals surface area contributed by atoms with E-state index in [1.54, 1.807) is 0 Å². The fourth-order valence-electron chi connectivity index (χ4n) is 1.41. The van der Waals surface area contributed by atoms with Crippen LogP contribution in [0.5, 0.6) is 0 Å². The third-order valence-electron chi connectivity index (χ3n) is 1.97. The second-order valence-electron chi connectivity index (χ2n) is 2.62. The molecule has 0 aromatic heterocycles. The van der Waals surface area contributed by atoms with Gasteiger partial charge in [-0.05, 0) is 12.8 Å². The molecule has 1 saturated heterocycles. The zero-order valence-electron chi connectivity index (χ0n) is 5.21. The summed E-state index contributed by atoms with van der Waals surface area (Å²) in [6.45, 7) is 0. The van der Waals surface area contributed by atoms with Gasteiger partial charge in [-0.3, -0.25) is 0 Å². The van der Waals surface area contributed by atoms with Crippen LogP contribution in [-0.4, -0.2) is 12.2 Å². The van der Waals surface area contributed by atoms with E-state index in [1.165, 1.54) is 12.8 Å². The molecule has 1 saturated carbocycles. The molecule has 1 aliphatic heterocycles. The van der Waals surface area contributed by atoms with E-state index in [1.807, 2.05) is 0 Å². The Morgan fingerprint density at radius 2 is 1.44 bits per heavy atom. The van der Waals surface area contributed by atoms with Crippen LogP contribution in [0.1, 0.15) is 25.7 Å². The molecule has 1 aliphatic carbocycles. The Morgan fingerprint density at radius 3 is 2.00 bits per heavy atom. The Kier molecular flexibility index (Phi) is 1.41. The van der Waals surface area contributed by atoms with E-state index in [-0.39, 0.29) is 12.2 Å². The molecule has 0 spiro atoms. The third-order valence-corrected chi connectivity index (χ3v) is 1.97. The lowest BCUT2D eigenvalue weighted by Crippen LogP contribution is -2.25. The van der Waals surface area contributed by atoms with Gasteiger partial charge in [0.25, 0.3) is 0 Å². The first-order valence-electron chi connectivity index (χ1n) is 3.45. The van der Waals surface area contributed by atoms with E-state index in [9.17, 15) is 0 Å². The first-order valence-corrected chi connectivity index (χ1v) is 3.45. The Hall–Kier alpha value is -0.120. The van der Waals surface area contributed by atoms with Crippen molar-refractivity contribution in [2.75, 3.05) is 0 Å². The third kappa shape index (κ3) is 0.956. The molecule has 0 amide bonds. The van der Waals surface area contributed by atoms with Crippen LogP contribution in [0.2, 0.25) is 0 Å². The summed E-state index contributed by atoms with van der Waals surface area (Å²) in [5.41, 5.74) is 0. The molecule has 0 bridgehead atoms. The van der Waals surface area contributed by atoms with Crippen molar-refractivity contribution in [3.05, 3.63) is 0 Å². The van der Waals surface area contributed by atoms with Gasteiger partial charge in [0.2, 0.25) is 0 Å². The van der Waals surface area contributed by atoms with Gasteiger partial charge in [0.15, 0.2) is 0 Å². The fourth-order valence-corrected chi connectivity index (χ4v) is 1.41. The second kappa shape index (κ2) is 2.25. The molecule has 0 N–H and O–H groups in total. The van der Waals surface area contributed by atoms with Gasteiger partial charge >= 0.3 is 0 Å². The lowest BCUT2D eigenvalue weighted by molar-refractivity contribution is -0.465.